The fourth-order valence-electron chi connectivity index (χ4n) is 2.93. The van der Waals surface area contributed by atoms with E-state index in [0.717, 1.165) is 16.2 Å². The fraction of sp³-hybridized carbons (Fsp3) is 0.650. The van der Waals surface area contributed by atoms with Crippen LogP contribution in [-0.2, 0) is 0 Å². The molecule has 0 aliphatic rings. The van der Waals surface area contributed by atoms with Gasteiger partial charge in [-0.25, -0.2) is 4.98 Å². The zero-order valence-corrected chi connectivity index (χ0v) is 15.5. The van der Waals surface area contributed by atoms with Crippen molar-refractivity contribution in [1.82, 2.24) is 9.97 Å². The Morgan fingerprint density at radius 1 is 0.826 bits per heavy atom. The van der Waals surface area contributed by atoms with E-state index in [1.165, 1.54) is 76.4 Å². The van der Waals surface area contributed by atoms with Gasteiger partial charge in [0.2, 0.25) is 0 Å². The summed E-state index contributed by atoms with van der Waals surface area (Å²) >= 11 is 1.86. The first-order valence-electron chi connectivity index (χ1n) is 9.47. The summed E-state index contributed by atoms with van der Waals surface area (Å²) in [5.41, 5.74) is 2.22. The monoisotopic (exact) mass is 332 g/mol. The van der Waals surface area contributed by atoms with Crippen LogP contribution in [0.25, 0.3) is 11.0 Å². The lowest BCUT2D eigenvalue weighted by Crippen LogP contribution is -1.85. The number of unbranched alkanes of at least 4 members (excludes halogenated alkanes) is 10. The molecule has 2 nitrogen and oxygen atoms in total. The van der Waals surface area contributed by atoms with Crippen LogP contribution >= 0.6 is 11.8 Å². The number of aromatic amines is 1. The van der Waals surface area contributed by atoms with Gasteiger partial charge in [-0.3, -0.25) is 0 Å². The molecule has 0 fully saturated rings. The lowest BCUT2D eigenvalue weighted by molar-refractivity contribution is 0.555. The number of para-hydroxylation sites is 2. The molecule has 0 amide bonds. The molecule has 0 atom stereocenters. The molecule has 0 aliphatic heterocycles. The molecule has 2 rings (SSSR count). The number of nitrogens with zero attached hydrogens (tertiary/aromatic N) is 1. The average Bonchev–Trinajstić information content (AvgIpc) is 2.98. The highest BCUT2D eigenvalue weighted by Gasteiger charge is 2.02. The number of H-pyrrole nitrogens is 1. The predicted octanol–water partition coefficient (Wildman–Crippen LogP) is 6.97. The molecular weight excluding hydrogens is 300 g/mol. The van der Waals surface area contributed by atoms with E-state index >= 15 is 0 Å². The van der Waals surface area contributed by atoms with Crippen molar-refractivity contribution in [3.63, 3.8) is 0 Å². The van der Waals surface area contributed by atoms with E-state index in [1.807, 2.05) is 17.8 Å². The molecule has 0 radical (unpaired) electrons. The van der Waals surface area contributed by atoms with Crippen LogP contribution in [0.4, 0.5) is 0 Å². The number of rotatable bonds is 13. The van der Waals surface area contributed by atoms with Gasteiger partial charge in [-0.05, 0) is 18.6 Å². The maximum atomic E-state index is 4.61. The third-order valence-corrected chi connectivity index (χ3v) is 5.31. The van der Waals surface area contributed by atoms with Crippen molar-refractivity contribution in [3.8, 4) is 0 Å². The van der Waals surface area contributed by atoms with Crippen molar-refractivity contribution in [2.75, 3.05) is 5.75 Å². The van der Waals surface area contributed by atoms with Crippen LogP contribution in [0.3, 0.4) is 0 Å². The van der Waals surface area contributed by atoms with Crippen LogP contribution in [0.2, 0.25) is 0 Å². The number of benzene rings is 1. The standard InChI is InChI=1S/C20H32N2S/c1-2-3-4-5-6-7-8-9-10-11-14-17-23-20-21-18-15-12-13-16-19(18)22-20/h12-13,15-16H,2-11,14,17H2,1H3,(H,21,22). The summed E-state index contributed by atoms with van der Waals surface area (Å²) in [5, 5.41) is 1.07. The summed E-state index contributed by atoms with van der Waals surface area (Å²) < 4.78 is 0. The summed E-state index contributed by atoms with van der Waals surface area (Å²) in [5.74, 6) is 1.18. The van der Waals surface area contributed by atoms with Gasteiger partial charge in [0, 0.05) is 5.75 Å². The van der Waals surface area contributed by atoms with Crippen molar-refractivity contribution < 1.29 is 0 Å². The van der Waals surface area contributed by atoms with Gasteiger partial charge in [-0.2, -0.15) is 0 Å². The Bertz CT molecular complexity index is 502. The lowest BCUT2D eigenvalue weighted by atomic mass is 10.1. The third kappa shape index (κ3) is 7.43. The number of fused-ring (bicyclic) bond motifs is 1. The van der Waals surface area contributed by atoms with E-state index in [4.69, 9.17) is 0 Å². The summed E-state index contributed by atoms with van der Waals surface area (Å²) in [6.45, 7) is 2.28. The second-order valence-electron chi connectivity index (χ2n) is 6.44. The Morgan fingerprint density at radius 3 is 2.09 bits per heavy atom. The van der Waals surface area contributed by atoms with E-state index in [9.17, 15) is 0 Å². The molecule has 23 heavy (non-hydrogen) atoms. The minimum absolute atomic E-state index is 1.07. The van der Waals surface area contributed by atoms with Crippen molar-refractivity contribution in [2.24, 2.45) is 0 Å². The Labute approximate surface area is 145 Å². The number of thioether (sulfide) groups is 1. The van der Waals surface area contributed by atoms with Gasteiger partial charge in [-0.1, -0.05) is 95.0 Å². The Kier molecular flexibility index (Phi) is 9.24. The highest BCUT2D eigenvalue weighted by Crippen LogP contribution is 2.20. The summed E-state index contributed by atoms with van der Waals surface area (Å²) in [6.07, 6.45) is 15.5. The van der Waals surface area contributed by atoms with E-state index in [2.05, 4.69) is 35.1 Å². The molecule has 0 saturated carbocycles. The second kappa shape index (κ2) is 11.6. The topological polar surface area (TPSA) is 28.7 Å². The molecule has 0 unspecified atom stereocenters. The maximum absolute atomic E-state index is 4.61. The Hall–Kier alpha value is -0.960. The molecule has 3 heteroatoms. The Morgan fingerprint density at radius 2 is 1.43 bits per heavy atom. The molecule has 1 N–H and O–H groups in total. The van der Waals surface area contributed by atoms with Gasteiger partial charge >= 0.3 is 0 Å². The normalized spacial score (nSPS) is 11.3. The Balaban J connectivity index is 1.42. The number of nitrogens with one attached hydrogen (secondary N) is 1. The van der Waals surface area contributed by atoms with Gasteiger partial charge in [0.15, 0.2) is 5.16 Å². The smallest absolute Gasteiger partial charge is 0.166 e. The molecule has 0 bridgehead atoms. The molecule has 1 aromatic heterocycles. The van der Waals surface area contributed by atoms with Gasteiger partial charge in [0.25, 0.3) is 0 Å². The molecule has 1 heterocycles. The van der Waals surface area contributed by atoms with Crippen LogP contribution in [0, 0.1) is 0 Å². The summed E-state index contributed by atoms with van der Waals surface area (Å²) in [7, 11) is 0. The fourth-order valence-corrected chi connectivity index (χ4v) is 3.82. The lowest BCUT2D eigenvalue weighted by Gasteiger charge is -2.02. The van der Waals surface area contributed by atoms with Gasteiger partial charge in [-0.15, -0.1) is 0 Å². The molecule has 128 valence electrons. The van der Waals surface area contributed by atoms with Gasteiger partial charge < -0.3 is 4.98 Å². The first-order valence-corrected chi connectivity index (χ1v) is 10.5. The highest BCUT2D eigenvalue weighted by atomic mass is 32.2. The van der Waals surface area contributed by atoms with Crippen LogP contribution < -0.4 is 0 Å². The van der Waals surface area contributed by atoms with E-state index in [0.29, 0.717) is 0 Å². The highest BCUT2D eigenvalue weighted by molar-refractivity contribution is 7.99. The van der Waals surface area contributed by atoms with Crippen LogP contribution in [-0.4, -0.2) is 15.7 Å². The van der Waals surface area contributed by atoms with Crippen LogP contribution in [0.5, 0.6) is 0 Å². The average molecular weight is 333 g/mol. The maximum Gasteiger partial charge on any atom is 0.166 e. The SMILES string of the molecule is CCCCCCCCCCCCCSc1nc2ccccc2[nH]1. The molecular formula is C20H32N2S. The minimum Gasteiger partial charge on any atom is -0.333 e. The summed E-state index contributed by atoms with van der Waals surface area (Å²) in [6, 6.07) is 8.26. The van der Waals surface area contributed by atoms with Crippen molar-refractivity contribution in [2.45, 2.75) is 82.7 Å². The van der Waals surface area contributed by atoms with Gasteiger partial charge in [0.05, 0.1) is 11.0 Å². The van der Waals surface area contributed by atoms with Crippen LogP contribution in [0.1, 0.15) is 77.6 Å². The number of hydrogen-bond donors (Lipinski definition) is 1. The van der Waals surface area contributed by atoms with Crippen molar-refractivity contribution in [3.05, 3.63) is 24.3 Å². The quantitative estimate of drug-likeness (QED) is 0.317. The number of hydrogen-bond acceptors (Lipinski definition) is 2. The van der Waals surface area contributed by atoms with E-state index in [-0.39, 0.29) is 0 Å². The van der Waals surface area contributed by atoms with E-state index < -0.39 is 0 Å². The molecule has 2 aromatic rings. The molecule has 1 aromatic carbocycles. The van der Waals surface area contributed by atoms with Crippen molar-refractivity contribution >= 4 is 22.8 Å². The zero-order valence-electron chi connectivity index (χ0n) is 14.7. The first kappa shape index (κ1) is 18.4. The zero-order chi connectivity index (χ0) is 16.2. The number of aromatic nitrogens is 2. The minimum atomic E-state index is 1.07. The third-order valence-electron chi connectivity index (χ3n) is 4.35. The number of imidazole rings is 1. The molecule has 0 spiro atoms. The summed E-state index contributed by atoms with van der Waals surface area (Å²) in [4.78, 5) is 8.00. The van der Waals surface area contributed by atoms with Gasteiger partial charge in [0.1, 0.15) is 0 Å². The largest absolute Gasteiger partial charge is 0.333 e. The second-order valence-corrected chi connectivity index (χ2v) is 7.53. The van der Waals surface area contributed by atoms with Crippen molar-refractivity contribution in [1.29, 1.82) is 0 Å². The predicted molar refractivity (Wildman–Crippen MR) is 103 cm³/mol. The molecule has 0 aliphatic carbocycles. The first-order chi connectivity index (χ1) is 11.4. The van der Waals surface area contributed by atoms with E-state index in [1.54, 1.807) is 0 Å². The molecule has 0 saturated heterocycles. The van der Waals surface area contributed by atoms with Crippen LogP contribution in [0.15, 0.2) is 29.4 Å².